The van der Waals surface area contributed by atoms with Crippen LogP contribution in [0.15, 0.2) is 0 Å². The summed E-state index contributed by atoms with van der Waals surface area (Å²) in [6.07, 6.45) is 2.39. The minimum Gasteiger partial charge on any atom is -0.481 e. The molecule has 0 aromatic carbocycles. The quantitative estimate of drug-likeness (QED) is 0.505. The Morgan fingerprint density at radius 3 is 2.57 bits per heavy atom. The maximum Gasteiger partial charge on any atom is 0.306 e. The molecule has 0 saturated heterocycles. The van der Waals surface area contributed by atoms with E-state index in [2.05, 4.69) is 0 Å². The standard InChI is InChI=1S/C10H18O4/c1-3-4-7-14-9(11)6-5-8(2)10(12)13/h8H,3-7H2,1-2H3,(H,12,13). The van der Waals surface area contributed by atoms with Gasteiger partial charge in [0.2, 0.25) is 0 Å². The molecule has 1 N–H and O–H groups in total. The Bertz CT molecular complexity index is 189. The van der Waals surface area contributed by atoms with E-state index in [1.807, 2.05) is 6.92 Å². The molecule has 0 aromatic rings. The summed E-state index contributed by atoms with van der Waals surface area (Å²) >= 11 is 0. The number of carboxylic acid groups (broad SMARTS) is 1. The van der Waals surface area contributed by atoms with Crippen molar-refractivity contribution in [2.45, 2.75) is 39.5 Å². The summed E-state index contributed by atoms with van der Waals surface area (Å²) in [7, 11) is 0. The number of hydrogen-bond donors (Lipinski definition) is 1. The molecule has 82 valence electrons. The largest absolute Gasteiger partial charge is 0.481 e. The van der Waals surface area contributed by atoms with Gasteiger partial charge >= 0.3 is 11.9 Å². The molecule has 0 fully saturated rings. The molecule has 0 saturated carbocycles. The molecule has 1 unspecified atom stereocenters. The second-order valence-corrected chi connectivity index (χ2v) is 3.35. The molecule has 4 nitrogen and oxygen atoms in total. The van der Waals surface area contributed by atoms with Gasteiger partial charge in [-0.25, -0.2) is 0 Å². The minimum atomic E-state index is -0.869. The highest BCUT2D eigenvalue weighted by atomic mass is 16.5. The Hall–Kier alpha value is -1.06. The molecule has 0 aliphatic rings. The lowest BCUT2D eigenvalue weighted by Crippen LogP contribution is -2.13. The third-order valence-electron chi connectivity index (χ3n) is 1.96. The van der Waals surface area contributed by atoms with Crippen molar-refractivity contribution >= 4 is 11.9 Å². The Morgan fingerprint density at radius 1 is 1.43 bits per heavy atom. The summed E-state index contributed by atoms with van der Waals surface area (Å²) in [5.74, 6) is -1.65. The maximum atomic E-state index is 11.0. The fraction of sp³-hybridized carbons (Fsp3) is 0.800. The van der Waals surface area contributed by atoms with Crippen molar-refractivity contribution < 1.29 is 19.4 Å². The number of aliphatic carboxylic acids is 1. The van der Waals surface area contributed by atoms with Crippen molar-refractivity contribution in [3.8, 4) is 0 Å². The van der Waals surface area contributed by atoms with Gasteiger partial charge < -0.3 is 9.84 Å². The van der Waals surface area contributed by atoms with E-state index in [1.54, 1.807) is 6.92 Å². The van der Waals surface area contributed by atoms with E-state index < -0.39 is 11.9 Å². The molecular weight excluding hydrogens is 184 g/mol. The first-order valence-corrected chi connectivity index (χ1v) is 4.96. The highest BCUT2D eigenvalue weighted by Gasteiger charge is 2.13. The third kappa shape index (κ3) is 6.46. The van der Waals surface area contributed by atoms with Gasteiger partial charge in [-0.3, -0.25) is 9.59 Å². The number of carbonyl (C=O) groups excluding carboxylic acids is 1. The van der Waals surface area contributed by atoms with Crippen LogP contribution in [0.4, 0.5) is 0 Å². The first-order valence-electron chi connectivity index (χ1n) is 4.96. The summed E-state index contributed by atoms with van der Waals surface area (Å²) in [4.78, 5) is 21.4. The van der Waals surface area contributed by atoms with Crippen molar-refractivity contribution in [2.75, 3.05) is 6.61 Å². The Morgan fingerprint density at radius 2 is 2.07 bits per heavy atom. The van der Waals surface area contributed by atoms with Crippen molar-refractivity contribution in [3.05, 3.63) is 0 Å². The number of unbranched alkanes of at least 4 members (excludes halogenated alkanes) is 1. The zero-order chi connectivity index (χ0) is 11.0. The predicted octanol–water partition coefficient (Wildman–Crippen LogP) is 1.83. The van der Waals surface area contributed by atoms with Crippen LogP contribution in [0.5, 0.6) is 0 Å². The Labute approximate surface area is 84.3 Å². The van der Waals surface area contributed by atoms with Crippen molar-refractivity contribution in [2.24, 2.45) is 5.92 Å². The first-order chi connectivity index (χ1) is 6.57. The smallest absolute Gasteiger partial charge is 0.306 e. The lowest BCUT2D eigenvalue weighted by atomic mass is 10.1. The van der Waals surface area contributed by atoms with Gasteiger partial charge in [0.05, 0.1) is 12.5 Å². The number of carboxylic acids is 1. The van der Waals surface area contributed by atoms with E-state index in [1.165, 1.54) is 0 Å². The number of rotatable bonds is 7. The van der Waals surface area contributed by atoms with Gasteiger partial charge in [0.1, 0.15) is 0 Å². The molecule has 0 radical (unpaired) electrons. The zero-order valence-corrected chi connectivity index (χ0v) is 8.78. The van der Waals surface area contributed by atoms with Crippen molar-refractivity contribution in [3.63, 3.8) is 0 Å². The molecule has 0 aliphatic heterocycles. The van der Waals surface area contributed by atoms with Gasteiger partial charge in [-0.1, -0.05) is 20.3 Å². The zero-order valence-electron chi connectivity index (χ0n) is 8.78. The number of esters is 1. The lowest BCUT2D eigenvalue weighted by Gasteiger charge is -2.06. The summed E-state index contributed by atoms with van der Waals surface area (Å²) in [6, 6.07) is 0. The van der Waals surface area contributed by atoms with Gasteiger partial charge in [0.25, 0.3) is 0 Å². The van der Waals surface area contributed by atoms with Crippen LogP contribution >= 0.6 is 0 Å². The van der Waals surface area contributed by atoms with Crippen LogP contribution in [-0.2, 0) is 14.3 Å². The van der Waals surface area contributed by atoms with Crippen LogP contribution in [0.1, 0.15) is 39.5 Å². The van der Waals surface area contributed by atoms with E-state index >= 15 is 0 Å². The van der Waals surface area contributed by atoms with Crippen LogP contribution in [0, 0.1) is 5.92 Å². The lowest BCUT2D eigenvalue weighted by molar-refractivity contribution is -0.145. The third-order valence-corrected chi connectivity index (χ3v) is 1.96. The van der Waals surface area contributed by atoms with E-state index in [9.17, 15) is 9.59 Å². The number of ether oxygens (including phenoxy) is 1. The average molecular weight is 202 g/mol. The maximum absolute atomic E-state index is 11.0. The van der Waals surface area contributed by atoms with Crippen LogP contribution < -0.4 is 0 Å². The molecule has 0 aromatic heterocycles. The van der Waals surface area contributed by atoms with Crippen LogP contribution in [0.2, 0.25) is 0 Å². The summed E-state index contributed by atoms with van der Waals surface area (Å²) in [5.41, 5.74) is 0. The number of carbonyl (C=O) groups is 2. The van der Waals surface area contributed by atoms with Gasteiger partial charge in [-0.15, -0.1) is 0 Å². The molecule has 0 bridgehead atoms. The second kappa shape index (κ2) is 7.35. The first kappa shape index (κ1) is 12.9. The average Bonchev–Trinajstić information content (AvgIpc) is 2.14. The molecule has 0 rings (SSSR count). The summed E-state index contributed by atoms with van der Waals surface area (Å²) < 4.78 is 4.88. The van der Waals surface area contributed by atoms with E-state index in [4.69, 9.17) is 9.84 Å². The molecule has 0 heterocycles. The van der Waals surface area contributed by atoms with Gasteiger partial charge in [-0.2, -0.15) is 0 Å². The monoisotopic (exact) mass is 202 g/mol. The fourth-order valence-electron chi connectivity index (χ4n) is 0.860. The number of hydrogen-bond acceptors (Lipinski definition) is 3. The minimum absolute atomic E-state index is 0.192. The Kier molecular flexibility index (Phi) is 6.80. The van der Waals surface area contributed by atoms with Crippen molar-refractivity contribution in [1.29, 1.82) is 0 Å². The Balaban J connectivity index is 3.48. The van der Waals surface area contributed by atoms with Crippen molar-refractivity contribution in [1.82, 2.24) is 0 Å². The molecule has 0 aliphatic carbocycles. The SMILES string of the molecule is CCCCOC(=O)CCC(C)C(=O)O. The van der Waals surface area contributed by atoms with Crippen LogP contribution in [0.3, 0.4) is 0 Å². The normalized spacial score (nSPS) is 12.1. The molecule has 0 spiro atoms. The van der Waals surface area contributed by atoms with Crippen LogP contribution in [-0.4, -0.2) is 23.7 Å². The fourth-order valence-corrected chi connectivity index (χ4v) is 0.860. The topological polar surface area (TPSA) is 63.6 Å². The predicted molar refractivity (Wildman–Crippen MR) is 51.9 cm³/mol. The molecule has 14 heavy (non-hydrogen) atoms. The van der Waals surface area contributed by atoms with Gasteiger partial charge in [0.15, 0.2) is 0 Å². The molecule has 0 amide bonds. The highest BCUT2D eigenvalue weighted by Crippen LogP contribution is 2.06. The van der Waals surface area contributed by atoms with E-state index in [0.29, 0.717) is 13.0 Å². The van der Waals surface area contributed by atoms with E-state index in [0.717, 1.165) is 12.8 Å². The van der Waals surface area contributed by atoms with E-state index in [-0.39, 0.29) is 12.4 Å². The van der Waals surface area contributed by atoms with Crippen LogP contribution in [0.25, 0.3) is 0 Å². The summed E-state index contributed by atoms with van der Waals surface area (Å²) in [5, 5.41) is 8.56. The van der Waals surface area contributed by atoms with Gasteiger partial charge in [0, 0.05) is 6.42 Å². The highest BCUT2D eigenvalue weighted by molar-refractivity contribution is 5.72. The molecule has 1 atom stereocenters. The molecular formula is C10H18O4. The second-order valence-electron chi connectivity index (χ2n) is 3.35. The molecule has 4 heteroatoms. The summed E-state index contributed by atoms with van der Waals surface area (Å²) in [6.45, 7) is 4.04. The van der Waals surface area contributed by atoms with Gasteiger partial charge in [-0.05, 0) is 12.8 Å².